The molecule has 1 amide bonds. The lowest BCUT2D eigenvalue weighted by Gasteiger charge is -2.08. The third-order valence-corrected chi connectivity index (χ3v) is 5.32. The summed E-state index contributed by atoms with van der Waals surface area (Å²) in [7, 11) is 0. The molecule has 0 saturated heterocycles. The predicted octanol–water partition coefficient (Wildman–Crippen LogP) is 6.23. The maximum atomic E-state index is 12.3. The van der Waals surface area contributed by atoms with Crippen molar-refractivity contribution in [1.82, 2.24) is 5.32 Å². The first-order valence-electron chi connectivity index (χ1n) is 10.2. The number of aryl methyl sites for hydroxylation is 1. The van der Waals surface area contributed by atoms with Crippen LogP contribution in [-0.4, -0.2) is 12.5 Å². The first kappa shape index (κ1) is 23.4. The Hall–Kier alpha value is -3.26. The number of nitrogens with one attached hydrogen (secondary N) is 1. The summed E-state index contributed by atoms with van der Waals surface area (Å²) in [6.45, 7) is 0.812. The molecular formula is C26H22Cl2N2O2. The van der Waals surface area contributed by atoms with Crippen LogP contribution in [0.25, 0.3) is 6.08 Å². The van der Waals surface area contributed by atoms with E-state index in [1.54, 1.807) is 42.5 Å². The summed E-state index contributed by atoms with van der Waals surface area (Å²) in [6.07, 6.45) is 3.24. The van der Waals surface area contributed by atoms with Crippen molar-refractivity contribution in [3.05, 3.63) is 105 Å². The number of amides is 1. The van der Waals surface area contributed by atoms with Gasteiger partial charge in [-0.05, 0) is 54.3 Å². The average Bonchev–Trinajstić information content (AvgIpc) is 2.81. The second-order valence-corrected chi connectivity index (χ2v) is 7.95. The number of hydrogen-bond donors (Lipinski definition) is 1. The van der Waals surface area contributed by atoms with E-state index >= 15 is 0 Å². The zero-order valence-electron chi connectivity index (χ0n) is 17.4. The fourth-order valence-corrected chi connectivity index (χ4v) is 3.47. The molecule has 0 aromatic heterocycles. The van der Waals surface area contributed by atoms with Gasteiger partial charge in [-0.2, -0.15) is 5.26 Å². The van der Waals surface area contributed by atoms with Gasteiger partial charge >= 0.3 is 0 Å². The Bertz CT molecular complexity index is 1120. The maximum Gasteiger partial charge on any atom is 0.261 e. The van der Waals surface area contributed by atoms with Crippen LogP contribution in [0.3, 0.4) is 0 Å². The van der Waals surface area contributed by atoms with Crippen molar-refractivity contribution in [2.24, 2.45) is 0 Å². The minimum atomic E-state index is -0.377. The molecule has 0 spiro atoms. The van der Waals surface area contributed by atoms with E-state index in [9.17, 15) is 10.1 Å². The van der Waals surface area contributed by atoms with Gasteiger partial charge in [0.05, 0.1) is 0 Å². The minimum absolute atomic E-state index is 0.0614. The van der Waals surface area contributed by atoms with Crippen LogP contribution >= 0.6 is 23.2 Å². The van der Waals surface area contributed by atoms with E-state index in [1.165, 1.54) is 5.56 Å². The third kappa shape index (κ3) is 7.16. The number of carbonyl (C=O) groups excluding carboxylic acids is 1. The first-order valence-corrected chi connectivity index (χ1v) is 10.9. The molecular weight excluding hydrogens is 443 g/mol. The number of halogens is 2. The van der Waals surface area contributed by atoms with Crippen molar-refractivity contribution >= 4 is 35.2 Å². The van der Waals surface area contributed by atoms with Crippen molar-refractivity contribution in [3.8, 4) is 11.8 Å². The van der Waals surface area contributed by atoms with Gasteiger partial charge in [0.1, 0.15) is 24.0 Å². The van der Waals surface area contributed by atoms with Crippen molar-refractivity contribution in [2.75, 3.05) is 6.54 Å². The zero-order valence-corrected chi connectivity index (χ0v) is 18.9. The highest BCUT2D eigenvalue weighted by Crippen LogP contribution is 2.23. The minimum Gasteiger partial charge on any atom is -0.489 e. The van der Waals surface area contributed by atoms with Gasteiger partial charge in [0.25, 0.3) is 5.91 Å². The largest absolute Gasteiger partial charge is 0.489 e. The van der Waals surface area contributed by atoms with Gasteiger partial charge in [0.15, 0.2) is 0 Å². The Morgan fingerprint density at radius 1 is 1.03 bits per heavy atom. The molecule has 3 aromatic rings. The molecule has 0 fully saturated rings. The highest BCUT2D eigenvalue weighted by Gasteiger charge is 2.09. The van der Waals surface area contributed by atoms with Gasteiger partial charge in [-0.1, -0.05) is 71.7 Å². The summed E-state index contributed by atoms with van der Waals surface area (Å²) in [5, 5.41) is 13.3. The quantitative estimate of drug-likeness (QED) is 0.232. The Kier molecular flexibility index (Phi) is 8.74. The standard InChI is InChI=1S/C26H22Cl2N2O2/c27-23-11-10-21(25(28)16-23)18-32-24-12-8-20(9-13-24)15-22(17-29)26(31)30-14-4-7-19-5-2-1-3-6-19/h1-3,5-6,8-13,15-16H,4,7,14,18H2,(H,30,31)/b22-15-. The number of ether oxygens (including phenoxy) is 1. The second kappa shape index (κ2) is 12.0. The molecule has 162 valence electrons. The summed E-state index contributed by atoms with van der Waals surface area (Å²) in [5.41, 5.74) is 2.85. The number of rotatable bonds is 9. The fourth-order valence-electron chi connectivity index (χ4n) is 3.01. The number of nitrogens with zero attached hydrogens (tertiary/aromatic N) is 1. The summed E-state index contributed by atoms with van der Waals surface area (Å²) in [4.78, 5) is 12.3. The smallest absolute Gasteiger partial charge is 0.261 e. The van der Waals surface area contributed by atoms with E-state index in [1.807, 2.05) is 30.3 Å². The molecule has 0 unspecified atom stereocenters. The number of hydrogen-bond acceptors (Lipinski definition) is 3. The second-order valence-electron chi connectivity index (χ2n) is 7.11. The molecule has 3 aromatic carbocycles. The average molecular weight is 465 g/mol. The van der Waals surface area contributed by atoms with Crippen LogP contribution in [0, 0.1) is 11.3 Å². The number of carbonyl (C=O) groups is 1. The monoisotopic (exact) mass is 464 g/mol. The van der Waals surface area contributed by atoms with E-state index in [4.69, 9.17) is 27.9 Å². The lowest BCUT2D eigenvalue weighted by Crippen LogP contribution is -2.25. The highest BCUT2D eigenvalue weighted by atomic mass is 35.5. The van der Waals surface area contributed by atoms with Gasteiger partial charge in [-0.15, -0.1) is 0 Å². The Morgan fingerprint density at radius 2 is 1.78 bits per heavy atom. The summed E-state index contributed by atoms with van der Waals surface area (Å²) < 4.78 is 5.76. The Morgan fingerprint density at radius 3 is 2.47 bits per heavy atom. The normalized spacial score (nSPS) is 11.0. The van der Waals surface area contributed by atoms with Gasteiger partial charge < -0.3 is 10.1 Å². The molecule has 3 rings (SSSR count). The number of benzene rings is 3. The van der Waals surface area contributed by atoms with Crippen LogP contribution in [0.15, 0.2) is 78.4 Å². The third-order valence-electron chi connectivity index (χ3n) is 4.74. The Labute approximate surface area is 198 Å². The van der Waals surface area contributed by atoms with Crippen molar-refractivity contribution in [1.29, 1.82) is 5.26 Å². The van der Waals surface area contributed by atoms with Crippen molar-refractivity contribution < 1.29 is 9.53 Å². The maximum absolute atomic E-state index is 12.3. The zero-order chi connectivity index (χ0) is 22.8. The molecule has 32 heavy (non-hydrogen) atoms. The summed E-state index contributed by atoms with van der Waals surface area (Å²) in [6, 6.07) is 24.4. The van der Waals surface area contributed by atoms with Crippen LogP contribution in [0.5, 0.6) is 5.75 Å². The molecule has 0 aliphatic carbocycles. The van der Waals surface area contributed by atoms with Crippen LogP contribution < -0.4 is 10.1 Å². The van der Waals surface area contributed by atoms with Crippen LogP contribution in [0.1, 0.15) is 23.1 Å². The molecule has 0 radical (unpaired) electrons. The fraction of sp³-hybridized carbons (Fsp3) is 0.154. The van der Waals surface area contributed by atoms with Crippen molar-refractivity contribution in [3.63, 3.8) is 0 Å². The van der Waals surface area contributed by atoms with Gasteiger partial charge in [-0.25, -0.2) is 0 Å². The molecule has 4 nitrogen and oxygen atoms in total. The molecule has 6 heteroatoms. The molecule has 0 saturated carbocycles. The SMILES string of the molecule is N#C/C(=C/c1ccc(OCc2ccc(Cl)cc2Cl)cc1)C(=O)NCCCc1ccccc1. The molecule has 0 heterocycles. The van der Waals surface area contributed by atoms with E-state index in [0.29, 0.717) is 28.9 Å². The summed E-state index contributed by atoms with van der Waals surface area (Å²) in [5.74, 6) is 0.273. The first-order chi connectivity index (χ1) is 15.5. The van der Waals surface area contributed by atoms with E-state index in [2.05, 4.69) is 17.4 Å². The molecule has 1 N–H and O–H groups in total. The summed E-state index contributed by atoms with van der Waals surface area (Å²) >= 11 is 12.1. The van der Waals surface area contributed by atoms with Crippen LogP contribution in [-0.2, 0) is 17.8 Å². The lowest BCUT2D eigenvalue weighted by molar-refractivity contribution is -0.117. The highest BCUT2D eigenvalue weighted by molar-refractivity contribution is 6.35. The van der Waals surface area contributed by atoms with Gasteiger partial charge in [0.2, 0.25) is 0 Å². The molecule has 0 aliphatic heterocycles. The van der Waals surface area contributed by atoms with Gasteiger partial charge in [-0.3, -0.25) is 4.79 Å². The molecule has 0 bridgehead atoms. The van der Waals surface area contributed by atoms with E-state index in [-0.39, 0.29) is 11.5 Å². The van der Waals surface area contributed by atoms with Crippen LogP contribution in [0.4, 0.5) is 0 Å². The van der Waals surface area contributed by atoms with Crippen molar-refractivity contribution in [2.45, 2.75) is 19.4 Å². The van der Waals surface area contributed by atoms with Gasteiger partial charge in [0, 0.05) is 22.2 Å². The molecule has 0 atom stereocenters. The van der Waals surface area contributed by atoms with E-state index in [0.717, 1.165) is 24.0 Å². The predicted molar refractivity (Wildman–Crippen MR) is 129 cm³/mol. The number of nitriles is 1. The molecule has 0 aliphatic rings. The van der Waals surface area contributed by atoms with Crippen LogP contribution in [0.2, 0.25) is 10.0 Å². The van der Waals surface area contributed by atoms with E-state index < -0.39 is 0 Å². The Balaban J connectivity index is 1.51. The topological polar surface area (TPSA) is 62.1 Å². The lowest BCUT2D eigenvalue weighted by atomic mass is 10.1.